The first-order valence-corrected chi connectivity index (χ1v) is 1.74. The van der Waals surface area contributed by atoms with Gasteiger partial charge in [0.1, 0.15) is 0 Å². The van der Waals surface area contributed by atoms with E-state index in [9.17, 15) is 0 Å². The highest BCUT2D eigenvalue weighted by Gasteiger charge is 1.71. The Labute approximate surface area is 42.3 Å². The molecule has 0 aromatic carbocycles. The van der Waals surface area contributed by atoms with Gasteiger partial charge in [0.15, 0.2) is 0 Å². The molecule has 0 spiro atoms. The van der Waals surface area contributed by atoms with Gasteiger partial charge in [0.25, 0.3) is 0 Å². The van der Waals surface area contributed by atoms with Crippen LogP contribution in [0.1, 0.15) is 0 Å². The summed E-state index contributed by atoms with van der Waals surface area (Å²) in [6.07, 6.45) is 0. The van der Waals surface area contributed by atoms with Crippen LogP contribution in [0.15, 0.2) is 0 Å². The number of rotatable bonds is 3. The first-order chi connectivity index (χ1) is 3.31. The fraction of sp³-hybridized carbons (Fsp3) is 1.00. The molecule has 5 heteroatoms. The summed E-state index contributed by atoms with van der Waals surface area (Å²) < 4.78 is 0. The molecule has 0 fully saturated rings. The minimum absolute atomic E-state index is 1.24. The van der Waals surface area contributed by atoms with E-state index < -0.39 is 0 Å². The number of hydrazine groups is 1. The van der Waals surface area contributed by atoms with E-state index in [2.05, 4.69) is 16.0 Å². The second-order valence-electron chi connectivity index (χ2n) is 0.934. The Kier molecular flexibility index (Phi) is 3.86. The predicted octanol–water partition coefficient (Wildman–Crippen LogP) is -0.853. The number of nitrogens with zero attached hydrogens (tertiary/aromatic N) is 2. The van der Waals surface area contributed by atoms with E-state index in [1.807, 2.05) is 0 Å². The van der Waals surface area contributed by atoms with Crippen molar-refractivity contribution >= 4 is 0 Å². The van der Waals surface area contributed by atoms with E-state index in [4.69, 9.17) is 5.84 Å². The fourth-order valence-electron chi connectivity index (χ4n) is 0.156. The molecular weight excluding hydrogens is 96.0 g/mol. The molecule has 0 rings (SSSR count). The Balaban J connectivity index is 2.83. The van der Waals surface area contributed by atoms with E-state index >= 15 is 0 Å². The zero-order valence-electron chi connectivity index (χ0n) is 4.38. The Morgan fingerprint density at radius 1 is 1.86 bits per heavy atom. The SMILES string of the molecule is CONN(C)[N-]N. The largest absolute Gasteiger partial charge is 0.516 e. The third-order valence-electron chi connectivity index (χ3n) is 0.397. The summed E-state index contributed by atoms with van der Waals surface area (Å²) in [5.41, 5.74) is 5.51. The molecule has 0 amide bonds. The van der Waals surface area contributed by atoms with Crippen molar-refractivity contribution in [3.05, 3.63) is 5.53 Å². The lowest BCUT2D eigenvalue weighted by molar-refractivity contribution is -0.0227. The van der Waals surface area contributed by atoms with Crippen LogP contribution >= 0.6 is 0 Å². The molecule has 0 unspecified atom stereocenters. The van der Waals surface area contributed by atoms with Crippen molar-refractivity contribution in [2.24, 2.45) is 5.84 Å². The maximum atomic E-state index is 4.77. The van der Waals surface area contributed by atoms with E-state index in [-0.39, 0.29) is 0 Å². The molecule has 0 heterocycles. The molecule has 44 valence electrons. The van der Waals surface area contributed by atoms with Gasteiger partial charge in [-0.15, -0.1) is 0 Å². The van der Waals surface area contributed by atoms with Gasteiger partial charge in [-0.1, -0.05) is 0 Å². The van der Waals surface area contributed by atoms with Gasteiger partial charge in [-0.3, -0.25) is 4.84 Å². The minimum Gasteiger partial charge on any atom is -0.516 e. The van der Waals surface area contributed by atoms with Crippen LogP contribution in [0.25, 0.3) is 5.53 Å². The van der Waals surface area contributed by atoms with Crippen LogP contribution in [0.5, 0.6) is 0 Å². The molecule has 0 saturated carbocycles. The van der Waals surface area contributed by atoms with Crippen molar-refractivity contribution in [3.63, 3.8) is 0 Å². The monoisotopic (exact) mass is 105 g/mol. The maximum absolute atomic E-state index is 4.77. The van der Waals surface area contributed by atoms with Crippen molar-refractivity contribution in [2.45, 2.75) is 0 Å². The predicted molar refractivity (Wildman–Crippen MR) is 25.5 cm³/mol. The van der Waals surface area contributed by atoms with Gasteiger partial charge in [0, 0.05) is 0 Å². The van der Waals surface area contributed by atoms with Crippen LogP contribution in [0.4, 0.5) is 0 Å². The third-order valence-corrected chi connectivity index (χ3v) is 0.397. The van der Waals surface area contributed by atoms with Gasteiger partial charge >= 0.3 is 0 Å². The standard InChI is InChI=1S/C2H9N4O/c1-6(4-3)5-7-2/h5H,3H2,1-2H3/q-1. The zero-order valence-corrected chi connectivity index (χ0v) is 4.38. The summed E-state index contributed by atoms with van der Waals surface area (Å²) in [5.74, 6) is 4.77. The van der Waals surface area contributed by atoms with E-state index in [1.165, 1.54) is 12.2 Å². The van der Waals surface area contributed by atoms with Gasteiger partial charge in [-0.2, -0.15) is 5.59 Å². The quantitative estimate of drug-likeness (QED) is 0.362. The van der Waals surface area contributed by atoms with Crippen LogP contribution in [0.2, 0.25) is 0 Å². The Morgan fingerprint density at radius 2 is 2.43 bits per heavy atom. The number of hydrogen-bond donors (Lipinski definition) is 2. The summed E-state index contributed by atoms with van der Waals surface area (Å²) in [7, 11) is 3.09. The lowest BCUT2D eigenvalue weighted by Crippen LogP contribution is -2.31. The molecule has 0 aromatic heterocycles. The first kappa shape index (κ1) is 6.80. The molecule has 0 aromatic rings. The van der Waals surface area contributed by atoms with E-state index in [0.717, 1.165) is 0 Å². The molecule has 0 bridgehead atoms. The van der Waals surface area contributed by atoms with Crippen LogP contribution < -0.4 is 11.4 Å². The molecule has 5 nitrogen and oxygen atoms in total. The Morgan fingerprint density at radius 3 is 2.57 bits per heavy atom. The molecule has 0 radical (unpaired) electrons. The lowest BCUT2D eigenvalue weighted by atomic mass is 11.4. The minimum atomic E-state index is 1.24. The second kappa shape index (κ2) is 3.97. The fourth-order valence-corrected chi connectivity index (χ4v) is 0.156. The van der Waals surface area contributed by atoms with Crippen LogP contribution in [0.3, 0.4) is 0 Å². The van der Waals surface area contributed by atoms with Crippen molar-refractivity contribution in [2.75, 3.05) is 14.2 Å². The highest BCUT2D eigenvalue weighted by Crippen LogP contribution is 1.73. The molecular formula is C2H9N4O-. The molecule has 0 aliphatic carbocycles. The van der Waals surface area contributed by atoms with E-state index in [0.29, 0.717) is 0 Å². The zero-order chi connectivity index (χ0) is 5.70. The topological polar surface area (TPSA) is 64.6 Å². The molecule has 0 aliphatic heterocycles. The van der Waals surface area contributed by atoms with Gasteiger partial charge in [0.05, 0.1) is 7.11 Å². The average molecular weight is 105 g/mol. The van der Waals surface area contributed by atoms with Crippen molar-refractivity contribution in [1.29, 1.82) is 0 Å². The maximum Gasteiger partial charge on any atom is 0.0588 e. The summed E-state index contributed by atoms with van der Waals surface area (Å²) in [6.45, 7) is 0. The normalized spacial score (nSPS) is 10.3. The van der Waals surface area contributed by atoms with Gasteiger partial charge in [-0.05, 0) is 7.05 Å². The highest BCUT2D eigenvalue weighted by molar-refractivity contribution is 4.47. The summed E-state index contributed by atoms with van der Waals surface area (Å²) in [5, 5.41) is 1.24. The van der Waals surface area contributed by atoms with Crippen LogP contribution in [-0.2, 0) is 4.84 Å². The Hall–Kier alpha value is -0.200. The van der Waals surface area contributed by atoms with E-state index in [1.54, 1.807) is 7.05 Å². The number of nitrogens with two attached hydrogens (primary N) is 1. The van der Waals surface area contributed by atoms with Gasteiger partial charge < -0.3 is 16.5 Å². The first-order valence-electron chi connectivity index (χ1n) is 1.74. The summed E-state index contributed by atoms with van der Waals surface area (Å²) >= 11 is 0. The summed E-state index contributed by atoms with van der Waals surface area (Å²) in [4.78, 5) is 4.40. The Bertz CT molecular complexity index is 40.7. The number of nitrogens with one attached hydrogen (secondary N) is 1. The van der Waals surface area contributed by atoms with Crippen LogP contribution in [-0.4, -0.2) is 19.3 Å². The molecule has 0 saturated heterocycles. The highest BCUT2D eigenvalue weighted by atomic mass is 16.7. The third kappa shape index (κ3) is 3.64. The molecule has 3 N–H and O–H groups in total. The van der Waals surface area contributed by atoms with Crippen molar-refractivity contribution < 1.29 is 4.84 Å². The summed E-state index contributed by atoms with van der Waals surface area (Å²) in [6, 6.07) is 0. The van der Waals surface area contributed by atoms with Crippen LogP contribution in [0, 0.1) is 0 Å². The van der Waals surface area contributed by atoms with Crippen molar-refractivity contribution in [1.82, 2.24) is 10.7 Å². The lowest BCUT2D eigenvalue weighted by Gasteiger charge is -2.26. The number of hydrogen-bond acceptors (Lipinski definition) is 4. The second-order valence-corrected chi connectivity index (χ2v) is 0.934. The average Bonchev–Trinajstić information content (AvgIpc) is 1.68. The smallest absolute Gasteiger partial charge is 0.0588 e. The van der Waals surface area contributed by atoms with Gasteiger partial charge in [0.2, 0.25) is 0 Å². The van der Waals surface area contributed by atoms with Crippen molar-refractivity contribution in [3.8, 4) is 0 Å². The molecule has 0 atom stereocenters. The molecule has 7 heavy (non-hydrogen) atoms. The van der Waals surface area contributed by atoms with Gasteiger partial charge in [-0.25, -0.2) is 0 Å². The molecule has 0 aliphatic rings.